The Bertz CT molecular complexity index is 497. The van der Waals surface area contributed by atoms with Crippen LogP contribution in [0.25, 0.3) is 11.0 Å². The second-order valence-electron chi connectivity index (χ2n) is 4.54. The minimum absolute atomic E-state index is 0.385. The van der Waals surface area contributed by atoms with Crippen LogP contribution in [0, 0.1) is 0 Å². The lowest BCUT2D eigenvalue weighted by Crippen LogP contribution is -2.09. The molecule has 0 aliphatic heterocycles. The second-order valence-corrected chi connectivity index (χ2v) is 4.54. The number of nitrogens with two attached hydrogens (primary N) is 1. The first-order valence-electron chi connectivity index (χ1n) is 5.95. The van der Waals surface area contributed by atoms with Crippen molar-refractivity contribution in [1.29, 1.82) is 0 Å². The minimum atomic E-state index is 0.385. The number of aromatic nitrogens is 3. The summed E-state index contributed by atoms with van der Waals surface area (Å²) in [5.74, 6) is 0.952. The van der Waals surface area contributed by atoms with E-state index in [1.807, 2.05) is 6.20 Å². The van der Waals surface area contributed by atoms with Gasteiger partial charge in [0.15, 0.2) is 0 Å². The van der Waals surface area contributed by atoms with Crippen molar-refractivity contribution >= 4 is 17.0 Å². The van der Waals surface area contributed by atoms with Crippen LogP contribution in [0.4, 0.5) is 5.95 Å². The molecule has 4 heteroatoms. The van der Waals surface area contributed by atoms with Gasteiger partial charge >= 0.3 is 0 Å². The molecule has 0 radical (unpaired) electrons. The van der Waals surface area contributed by atoms with Gasteiger partial charge in [0.05, 0.1) is 5.69 Å². The summed E-state index contributed by atoms with van der Waals surface area (Å²) in [4.78, 5) is 11.8. The van der Waals surface area contributed by atoms with Crippen molar-refractivity contribution in [3.63, 3.8) is 0 Å². The molecule has 1 saturated carbocycles. The van der Waals surface area contributed by atoms with Gasteiger partial charge in [0.25, 0.3) is 0 Å². The highest BCUT2D eigenvalue weighted by molar-refractivity contribution is 5.79. The third-order valence-corrected chi connectivity index (χ3v) is 3.45. The SMILES string of the molecule is Nc1nc(C2CCCCC2)c2cc[nH]c2n1. The molecular formula is C12H16N4. The number of nitrogens with zero attached hydrogens (tertiary/aromatic N) is 2. The fraction of sp³-hybridized carbons (Fsp3) is 0.500. The normalized spacial score (nSPS) is 18.0. The van der Waals surface area contributed by atoms with E-state index < -0.39 is 0 Å². The summed E-state index contributed by atoms with van der Waals surface area (Å²) in [7, 11) is 0. The van der Waals surface area contributed by atoms with Gasteiger partial charge in [-0.1, -0.05) is 19.3 Å². The number of fused-ring (bicyclic) bond motifs is 1. The van der Waals surface area contributed by atoms with Gasteiger partial charge in [0.2, 0.25) is 5.95 Å². The molecule has 84 valence electrons. The molecule has 3 N–H and O–H groups in total. The Kier molecular flexibility index (Phi) is 2.27. The van der Waals surface area contributed by atoms with E-state index in [1.54, 1.807) is 0 Å². The molecule has 2 heterocycles. The first kappa shape index (κ1) is 9.63. The van der Waals surface area contributed by atoms with Crippen molar-refractivity contribution in [2.75, 3.05) is 5.73 Å². The number of nitrogens with one attached hydrogen (secondary N) is 1. The number of hydrogen-bond acceptors (Lipinski definition) is 3. The smallest absolute Gasteiger partial charge is 0.222 e. The molecule has 1 aliphatic carbocycles. The van der Waals surface area contributed by atoms with Crippen LogP contribution in [-0.4, -0.2) is 15.0 Å². The van der Waals surface area contributed by atoms with Crippen LogP contribution in [0.3, 0.4) is 0 Å². The van der Waals surface area contributed by atoms with Gasteiger partial charge in [-0.05, 0) is 18.9 Å². The molecule has 3 rings (SSSR count). The van der Waals surface area contributed by atoms with Gasteiger partial charge < -0.3 is 10.7 Å². The van der Waals surface area contributed by atoms with E-state index in [0.29, 0.717) is 11.9 Å². The third-order valence-electron chi connectivity index (χ3n) is 3.45. The molecule has 1 fully saturated rings. The summed E-state index contributed by atoms with van der Waals surface area (Å²) in [6, 6.07) is 2.05. The zero-order valence-corrected chi connectivity index (χ0v) is 9.24. The van der Waals surface area contributed by atoms with Gasteiger partial charge in [-0.15, -0.1) is 0 Å². The largest absolute Gasteiger partial charge is 0.368 e. The molecule has 4 nitrogen and oxygen atoms in total. The number of anilines is 1. The van der Waals surface area contributed by atoms with Crippen molar-refractivity contribution in [3.05, 3.63) is 18.0 Å². The van der Waals surface area contributed by atoms with E-state index in [1.165, 1.54) is 32.1 Å². The third kappa shape index (κ3) is 1.54. The molecule has 0 aromatic carbocycles. The predicted octanol–water partition coefficient (Wildman–Crippen LogP) is 2.59. The van der Waals surface area contributed by atoms with Crippen LogP contribution < -0.4 is 5.73 Å². The summed E-state index contributed by atoms with van der Waals surface area (Å²) >= 11 is 0. The van der Waals surface area contributed by atoms with E-state index in [9.17, 15) is 0 Å². The Labute approximate surface area is 94.3 Å². The van der Waals surface area contributed by atoms with Crippen LogP contribution >= 0.6 is 0 Å². The molecule has 0 saturated heterocycles. The summed E-state index contributed by atoms with van der Waals surface area (Å²) in [6.07, 6.45) is 8.34. The Morgan fingerprint density at radius 1 is 1.19 bits per heavy atom. The van der Waals surface area contributed by atoms with Gasteiger partial charge in [-0.3, -0.25) is 0 Å². The minimum Gasteiger partial charge on any atom is -0.368 e. The number of H-pyrrole nitrogens is 1. The maximum atomic E-state index is 5.75. The Hall–Kier alpha value is -1.58. The molecule has 0 atom stereocenters. The lowest BCUT2D eigenvalue weighted by atomic mass is 9.86. The molecule has 2 aromatic heterocycles. The second kappa shape index (κ2) is 3.77. The molecule has 2 aromatic rings. The average molecular weight is 216 g/mol. The van der Waals surface area contributed by atoms with Gasteiger partial charge in [0.1, 0.15) is 5.65 Å². The van der Waals surface area contributed by atoms with Gasteiger partial charge in [0, 0.05) is 17.5 Å². The van der Waals surface area contributed by atoms with E-state index in [-0.39, 0.29) is 0 Å². The molecule has 16 heavy (non-hydrogen) atoms. The first-order valence-corrected chi connectivity index (χ1v) is 5.95. The highest BCUT2D eigenvalue weighted by atomic mass is 15.0. The molecule has 0 spiro atoms. The van der Waals surface area contributed by atoms with Crippen LogP contribution in [0.2, 0.25) is 0 Å². The Balaban J connectivity index is 2.09. The van der Waals surface area contributed by atoms with Crippen LogP contribution in [-0.2, 0) is 0 Å². The summed E-state index contributed by atoms with van der Waals surface area (Å²) in [6.45, 7) is 0. The number of hydrogen-bond donors (Lipinski definition) is 2. The molecule has 0 bridgehead atoms. The van der Waals surface area contributed by atoms with Gasteiger partial charge in [-0.2, -0.15) is 4.98 Å². The van der Waals surface area contributed by atoms with Crippen LogP contribution in [0.1, 0.15) is 43.7 Å². The average Bonchev–Trinajstić information content (AvgIpc) is 2.77. The zero-order valence-electron chi connectivity index (χ0n) is 9.24. The first-order chi connectivity index (χ1) is 7.84. The van der Waals surface area contributed by atoms with E-state index >= 15 is 0 Å². The number of nitrogen functional groups attached to an aromatic ring is 1. The summed E-state index contributed by atoms with van der Waals surface area (Å²) in [5.41, 5.74) is 7.76. The van der Waals surface area contributed by atoms with E-state index in [0.717, 1.165) is 16.7 Å². The lowest BCUT2D eigenvalue weighted by Gasteiger charge is -2.21. The van der Waals surface area contributed by atoms with Crippen molar-refractivity contribution in [2.45, 2.75) is 38.0 Å². The highest BCUT2D eigenvalue weighted by Gasteiger charge is 2.20. The number of rotatable bonds is 1. The van der Waals surface area contributed by atoms with Crippen molar-refractivity contribution in [1.82, 2.24) is 15.0 Å². The van der Waals surface area contributed by atoms with Crippen molar-refractivity contribution < 1.29 is 0 Å². The highest BCUT2D eigenvalue weighted by Crippen LogP contribution is 2.34. The van der Waals surface area contributed by atoms with E-state index in [4.69, 9.17) is 5.73 Å². The fourth-order valence-corrected chi connectivity index (χ4v) is 2.67. The fourth-order valence-electron chi connectivity index (χ4n) is 2.67. The Morgan fingerprint density at radius 3 is 2.81 bits per heavy atom. The quantitative estimate of drug-likeness (QED) is 0.769. The van der Waals surface area contributed by atoms with Crippen LogP contribution in [0.15, 0.2) is 12.3 Å². The summed E-state index contributed by atoms with van der Waals surface area (Å²) < 4.78 is 0. The molecule has 0 unspecified atom stereocenters. The topological polar surface area (TPSA) is 67.6 Å². The monoisotopic (exact) mass is 216 g/mol. The summed E-state index contributed by atoms with van der Waals surface area (Å²) in [5, 5.41) is 1.14. The molecule has 0 amide bonds. The lowest BCUT2D eigenvalue weighted by molar-refractivity contribution is 0.439. The Morgan fingerprint density at radius 2 is 2.00 bits per heavy atom. The predicted molar refractivity (Wildman–Crippen MR) is 64.1 cm³/mol. The standard InChI is InChI=1S/C12H16N4/c13-12-15-10(8-4-2-1-3-5-8)9-6-7-14-11(9)16-12/h6-8H,1-5H2,(H3,13,14,15,16). The zero-order chi connectivity index (χ0) is 11.0. The number of aromatic amines is 1. The van der Waals surface area contributed by atoms with Gasteiger partial charge in [-0.25, -0.2) is 4.98 Å². The van der Waals surface area contributed by atoms with E-state index in [2.05, 4.69) is 21.0 Å². The molecular weight excluding hydrogens is 200 g/mol. The van der Waals surface area contributed by atoms with Crippen molar-refractivity contribution in [3.8, 4) is 0 Å². The van der Waals surface area contributed by atoms with Crippen molar-refractivity contribution in [2.24, 2.45) is 0 Å². The maximum Gasteiger partial charge on any atom is 0.222 e. The molecule has 1 aliphatic rings. The maximum absolute atomic E-state index is 5.75. The van der Waals surface area contributed by atoms with Crippen LogP contribution in [0.5, 0.6) is 0 Å².